The maximum Gasteiger partial charge on any atom is 0.410 e. The van der Waals surface area contributed by atoms with Gasteiger partial charge in [-0.1, -0.05) is 30.3 Å². The monoisotopic (exact) mass is 481 g/mol. The number of anilines is 1. The molecule has 0 unspecified atom stereocenters. The van der Waals surface area contributed by atoms with Crippen molar-refractivity contribution >= 4 is 17.7 Å². The number of benzene rings is 2. The summed E-state index contributed by atoms with van der Waals surface area (Å²) in [5.74, 6) is 0.942. The first kappa shape index (κ1) is 25.0. The Bertz CT molecular complexity index is 1000. The zero-order chi connectivity index (χ0) is 24.6. The van der Waals surface area contributed by atoms with Crippen molar-refractivity contribution in [1.82, 2.24) is 9.80 Å². The van der Waals surface area contributed by atoms with Gasteiger partial charge in [0, 0.05) is 51.4 Å². The van der Waals surface area contributed by atoms with E-state index >= 15 is 0 Å². The van der Waals surface area contributed by atoms with E-state index in [1.165, 1.54) is 0 Å². The summed E-state index contributed by atoms with van der Waals surface area (Å²) in [5, 5.41) is 0. The molecular weight excluding hydrogens is 446 g/mol. The number of methoxy groups -OCH3 is 1. The van der Waals surface area contributed by atoms with Gasteiger partial charge in [0.25, 0.3) is 0 Å². The number of likely N-dealkylation sites (N-methyl/N-ethyl adjacent to an activating group) is 1. The molecule has 1 saturated heterocycles. The van der Waals surface area contributed by atoms with Gasteiger partial charge >= 0.3 is 6.09 Å². The molecule has 2 aliphatic heterocycles. The van der Waals surface area contributed by atoms with Gasteiger partial charge in [0.1, 0.15) is 12.4 Å². The van der Waals surface area contributed by atoms with Crippen LogP contribution in [-0.2, 0) is 27.3 Å². The lowest BCUT2D eigenvalue weighted by molar-refractivity contribution is -0.119. The molecule has 0 N–H and O–H groups in total. The number of rotatable bonds is 9. The Kier molecular flexibility index (Phi) is 8.60. The van der Waals surface area contributed by atoms with Crippen LogP contribution in [0.3, 0.4) is 0 Å². The molecule has 1 atom stereocenters. The van der Waals surface area contributed by atoms with Gasteiger partial charge in [0.05, 0.1) is 13.2 Å². The quantitative estimate of drug-likeness (QED) is 0.547. The van der Waals surface area contributed by atoms with Crippen LogP contribution in [0.4, 0.5) is 10.5 Å². The van der Waals surface area contributed by atoms with Crippen molar-refractivity contribution in [2.45, 2.75) is 31.9 Å². The maximum atomic E-state index is 12.6. The number of carbonyl (C=O) groups is 2. The molecule has 0 radical (unpaired) electrons. The van der Waals surface area contributed by atoms with Crippen molar-refractivity contribution in [2.75, 3.05) is 58.5 Å². The lowest BCUT2D eigenvalue weighted by Crippen LogP contribution is -2.53. The molecule has 2 amide bonds. The molecule has 2 aliphatic rings. The number of aryl methyl sites for hydroxylation is 1. The lowest BCUT2D eigenvalue weighted by Gasteiger charge is -2.38. The van der Waals surface area contributed by atoms with Crippen LogP contribution in [0, 0.1) is 0 Å². The van der Waals surface area contributed by atoms with E-state index in [-0.39, 0.29) is 24.6 Å². The zero-order valence-corrected chi connectivity index (χ0v) is 20.7. The van der Waals surface area contributed by atoms with Gasteiger partial charge in [-0.05, 0) is 49.2 Å². The van der Waals surface area contributed by atoms with Crippen LogP contribution < -0.4 is 9.64 Å². The summed E-state index contributed by atoms with van der Waals surface area (Å²) in [7, 11) is 3.73. The smallest absolute Gasteiger partial charge is 0.410 e. The molecule has 0 saturated carbocycles. The Labute approximate surface area is 207 Å². The molecule has 0 spiro atoms. The Hall–Kier alpha value is -3.10. The van der Waals surface area contributed by atoms with Crippen molar-refractivity contribution < 1.29 is 23.8 Å². The Morgan fingerprint density at radius 2 is 1.89 bits per heavy atom. The fourth-order valence-electron chi connectivity index (χ4n) is 4.60. The third kappa shape index (κ3) is 6.52. The first-order chi connectivity index (χ1) is 17.0. The van der Waals surface area contributed by atoms with Crippen molar-refractivity contribution in [2.24, 2.45) is 0 Å². The van der Waals surface area contributed by atoms with Crippen LogP contribution in [0.15, 0.2) is 48.5 Å². The van der Waals surface area contributed by atoms with E-state index in [2.05, 4.69) is 11.9 Å². The Balaban J connectivity index is 1.27. The number of ether oxygens (including phenoxy) is 3. The van der Waals surface area contributed by atoms with Crippen LogP contribution in [0.1, 0.15) is 24.0 Å². The predicted molar refractivity (Wildman–Crippen MR) is 134 cm³/mol. The molecule has 8 heteroatoms. The molecule has 0 bridgehead atoms. The van der Waals surface area contributed by atoms with Crippen LogP contribution >= 0.6 is 0 Å². The fraction of sp³-hybridized carbons (Fsp3) is 0.481. The molecule has 35 heavy (non-hydrogen) atoms. The normalized spacial score (nSPS) is 18.3. The molecule has 2 aromatic carbocycles. The number of hydrogen-bond acceptors (Lipinski definition) is 6. The minimum atomic E-state index is -0.268. The van der Waals surface area contributed by atoms with Crippen LogP contribution in [-0.4, -0.2) is 81.4 Å². The third-order valence-electron chi connectivity index (χ3n) is 6.73. The van der Waals surface area contributed by atoms with Crippen molar-refractivity contribution in [3.63, 3.8) is 0 Å². The number of carbonyl (C=O) groups excluding carboxylic acids is 2. The average Bonchev–Trinajstić information content (AvgIpc) is 2.88. The molecule has 2 aromatic rings. The van der Waals surface area contributed by atoms with Gasteiger partial charge in [0.2, 0.25) is 5.91 Å². The highest BCUT2D eigenvalue weighted by Gasteiger charge is 2.28. The van der Waals surface area contributed by atoms with E-state index in [0.29, 0.717) is 39.3 Å². The summed E-state index contributed by atoms with van der Waals surface area (Å²) in [5.41, 5.74) is 3.05. The highest BCUT2D eigenvalue weighted by molar-refractivity contribution is 5.96. The molecule has 0 aromatic heterocycles. The summed E-state index contributed by atoms with van der Waals surface area (Å²) in [6.45, 7) is 3.98. The number of hydrogen-bond donors (Lipinski definition) is 0. The minimum Gasteiger partial charge on any atom is -0.494 e. The van der Waals surface area contributed by atoms with Crippen LogP contribution in [0.2, 0.25) is 0 Å². The highest BCUT2D eigenvalue weighted by Crippen LogP contribution is 2.31. The molecule has 2 heterocycles. The lowest BCUT2D eigenvalue weighted by atomic mass is 10.0. The van der Waals surface area contributed by atoms with Gasteiger partial charge < -0.3 is 24.0 Å². The second-order valence-electron chi connectivity index (χ2n) is 9.09. The zero-order valence-electron chi connectivity index (χ0n) is 20.7. The van der Waals surface area contributed by atoms with Crippen molar-refractivity contribution in [1.29, 1.82) is 0 Å². The predicted octanol–water partition coefficient (Wildman–Crippen LogP) is 3.33. The largest absolute Gasteiger partial charge is 0.494 e. The summed E-state index contributed by atoms with van der Waals surface area (Å²) >= 11 is 0. The summed E-state index contributed by atoms with van der Waals surface area (Å²) in [4.78, 5) is 30.8. The summed E-state index contributed by atoms with van der Waals surface area (Å²) in [6, 6.07) is 15.9. The van der Waals surface area contributed by atoms with E-state index in [9.17, 15) is 9.59 Å². The van der Waals surface area contributed by atoms with E-state index in [4.69, 9.17) is 14.2 Å². The van der Waals surface area contributed by atoms with Crippen molar-refractivity contribution in [3.05, 3.63) is 59.7 Å². The fourth-order valence-corrected chi connectivity index (χ4v) is 4.60. The van der Waals surface area contributed by atoms with E-state index in [0.717, 1.165) is 42.0 Å². The molecule has 188 valence electrons. The number of amides is 2. The molecule has 4 rings (SSSR count). The minimum absolute atomic E-state index is 0.135. The van der Waals surface area contributed by atoms with Gasteiger partial charge in [-0.3, -0.25) is 9.69 Å². The standard InChI is InChI=1S/C27H35N3O5/c1-28-13-14-29(27(32)35-20-21-6-4-3-5-7-21)19-23(28)12-16-34-24-9-10-25-22(18-24)8-11-26(31)30(25)15-17-33-2/h3-7,9-10,18,23H,8,11-17,19-20H2,1-2H3/t23-/m1/s1. The SMILES string of the molecule is COCCN1C(=O)CCc2cc(OCC[C@@H]3CN(C(=O)OCc4ccccc4)CCN3C)ccc21. The second-order valence-corrected chi connectivity index (χ2v) is 9.09. The summed E-state index contributed by atoms with van der Waals surface area (Å²) < 4.78 is 16.8. The second kappa shape index (κ2) is 12.0. The Morgan fingerprint density at radius 1 is 1.06 bits per heavy atom. The Morgan fingerprint density at radius 3 is 2.69 bits per heavy atom. The molecule has 1 fully saturated rings. The molecule has 0 aliphatic carbocycles. The topological polar surface area (TPSA) is 71.5 Å². The highest BCUT2D eigenvalue weighted by atomic mass is 16.6. The molecular formula is C27H35N3O5. The number of nitrogens with zero attached hydrogens (tertiary/aromatic N) is 3. The van der Waals surface area contributed by atoms with E-state index in [1.54, 1.807) is 16.9 Å². The van der Waals surface area contributed by atoms with Gasteiger partial charge in [0.15, 0.2) is 0 Å². The number of fused-ring (bicyclic) bond motifs is 1. The van der Waals surface area contributed by atoms with Gasteiger partial charge in [-0.15, -0.1) is 0 Å². The third-order valence-corrected chi connectivity index (χ3v) is 6.73. The first-order valence-electron chi connectivity index (χ1n) is 12.3. The maximum absolute atomic E-state index is 12.6. The van der Waals surface area contributed by atoms with Crippen LogP contribution in [0.5, 0.6) is 5.75 Å². The van der Waals surface area contributed by atoms with E-state index in [1.807, 2.05) is 48.5 Å². The molecule has 8 nitrogen and oxygen atoms in total. The number of piperazine rings is 1. The first-order valence-corrected chi connectivity index (χ1v) is 12.3. The average molecular weight is 482 g/mol. The van der Waals surface area contributed by atoms with E-state index < -0.39 is 0 Å². The van der Waals surface area contributed by atoms with Crippen molar-refractivity contribution in [3.8, 4) is 5.75 Å². The van der Waals surface area contributed by atoms with Gasteiger partial charge in [-0.25, -0.2) is 4.79 Å². The van der Waals surface area contributed by atoms with Gasteiger partial charge in [-0.2, -0.15) is 0 Å². The summed E-state index contributed by atoms with van der Waals surface area (Å²) in [6.07, 6.45) is 1.76. The van der Waals surface area contributed by atoms with Crippen LogP contribution in [0.25, 0.3) is 0 Å².